The summed E-state index contributed by atoms with van der Waals surface area (Å²) < 4.78 is 12.3. The third kappa shape index (κ3) is 1.42. The zero-order valence-electron chi connectivity index (χ0n) is 12.6. The van der Waals surface area contributed by atoms with Crippen molar-refractivity contribution in [1.82, 2.24) is 0 Å². The maximum absolute atomic E-state index is 6.15. The van der Waals surface area contributed by atoms with E-state index in [1.54, 1.807) is 0 Å². The molecule has 3 rings (SSSR count). The second-order valence-corrected chi connectivity index (χ2v) is 7.85. The van der Waals surface area contributed by atoms with E-state index in [2.05, 4.69) is 34.6 Å². The summed E-state index contributed by atoms with van der Waals surface area (Å²) in [6.07, 6.45) is 3.70. The van der Waals surface area contributed by atoms with Gasteiger partial charge in [-0.3, -0.25) is 0 Å². The number of rotatable bonds is 0. The van der Waals surface area contributed by atoms with Gasteiger partial charge in [0.2, 0.25) is 0 Å². The highest BCUT2D eigenvalue weighted by atomic mass is 16.7. The smallest absolute Gasteiger partial charge is 0.172 e. The number of hydrogen-bond donors (Lipinski definition) is 0. The predicted molar refractivity (Wildman–Crippen MR) is 72.2 cm³/mol. The molecule has 0 N–H and O–H groups in total. The van der Waals surface area contributed by atoms with Crippen molar-refractivity contribution in [2.45, 2.75) is 59.7 Å². The topological polar surface area (TPSA) is 18.5 Å². The van der Waals surface area contributed by atoms with E-state index in [4.69, 9.17) is 9.47 Å². The lowest BCUT2D eigenvalue weighted by Crippen LogP contribution is -2.50. The first-order chi connectivity index (χ1) is 8.32. The minimum Gasteiger partial charge on any atom is -0.347 e. The molecule has 1 heterocycles. The van der Waals surface area contributed by atoms with Crippen molar-refractivity contribution in [3.05, 3.63) is 0 Å². The Kier molecular flexibility index (Phi) is 2.68. The van der Waals surface area contributed by atoms with Crippen molar-refractivity contribution in [2.24, 2.45) is 28.6 Å². The maximum atomic E-state index is 6.15. The van der Waals surface area contributed by atoms with Crippen LogP contribution in [0.15, 0.2) is 0 Å². The quantitative estimate of drug-likeness (QED) is 0.652. The SMILES string of the molecule is CC1C(C)(C)C2CCCC3(OCCO3)C2C1(C)C. The fraction of sp³-hybridized carbons (Fsp3) is 1.00. The molecule has 1 aliphatic heterocycles. The lowest BCUT2D eigenvalue weighted by Gasteiger charge is -2.48. The van der Waals surface area contributed by atoms with E-state index in [0.29, 0.717) is 22.7 Å². The Morgan fingerprint density at radius 1 is 0.944 bits per heavy atom. The van der Waals surface area contributed by atoms with Gasteiger partial charge in [-0.1, -0.05) is 34.6 Å². The Hall–Kier alpha value is -0.0800. The summed E-state index contributed by atoms with van der Waals surface area (Å²) in [4.78, 5) is 0. The van der Waals surface area contributed by atoms with Crippen LogP contribution in [-0.4, -0.2) is 19.0 Å². The molecule has 3 aliphatic rings. The first kappa shape index (κ1) is 12.9. The molecular weight excluding hydrogens is 224 g/mol. The van der Waals surface area contributed by atoms with Crippen LogP contribution in [0.5, 0.6) is 0 Å². The Labute approximate surface area is 111 Å². The minimum absolute atomic E-state index is 0.256. The van der Waals surface area contributed by atoms with Crippen LogP contribution in [0.2, 0.25) is 0 Å². The molecule has 1 spiro atoms. The van der Waals surface area contributed by atoms with Gasteiger partial charge in [0.1, 0.15) is 0 Å². The van der Waals surface area contributed by atoms with Gasteiger partial charge in [0.05, 0.1) is 13.2 Å². The van der Waals surface area contributed by atoms with Crippen LogP contribution >= 0.6 is 0 Å². The molecule has 2 nitrogen and oxygen atoms in total. The van der Waals surface area contributed by atoms with Crippen molar-refractivity contribution in [3.8, 4) is 0 Å². The van der Waals surface area contributed by atoms with Crippen molar-refractivity contribution >= 4 is 0 Å². The van der Waals surface area contributed by atoms with Gasteiger partial charge in [-0.2, -0.15) is 0 Å². The van der Waals surface area contributed by atoms with E-state index in [-0.39, 0.29) is 5.79 Å². The molecule has 0 aromatic rings. The summed E-state index contributed by atoms with van der Waals surface area (Å²) in [6, 6.07) is 0. The molecular formula is C16H28O2. The second kappa shape index (κ2) is 3.73. The molecule has 1 saturated heterocycles. The number of fused-ring (bicyclic) bond motifs is 2. The summed E-state index contributed by atoms with van der Waals surface area (Å²) in [7, 11) is 0. The van der Waals surface area contributed by atoms with Crippen molar-refractivity contribution in [3.63, 3.8) is 0 Å². The van der Waals surface area contributed by atoms with Crippen LogP contribution < -0.4 is 0 Å². The van der Waals surface area contributed by atoms with E-state index in [0.717, 1.165) is 25.6 Å². The molecule has 2 heteroatoms. The average Bonchev–Trinajstić information content (AvgIpc) is 2.80. The lowest BCUT2D eigenvalue weighted by molar-refractivity contribution is -0.243. The fourth-order valence-electron chi connectivity index (χ4n) is 5.43. The molecule has 0 bridgehead atoms. The maximum Gasteiger partial charge on any atom is 0.172 e. The van der Waals surface area contributed by atoms with E-state index in [1.165, 1.54) is 12.8 Å². The molecule has 18 heavy (non-hydrogen) atoms. The molecule has 2 aliphatic carbocycles. The van der Waals surface area contributed by atoms with Crippen LogP contribution in [0.4, 0.5) is 0 Å². The van der Waals surface area contributed by atoms with E-state index < -0.39 is 0 Å². The second-order valence-electron chi connectivity index (χ2n) is 7.85. The Balaban J connectivity index is 2.05. The molecule has 104 valence electrons. The number of hydrogen-bond acceptors (Lipinski definition) is 2. The third-order valence-electron chi connectivity index (χ3n) is 6.68. The van der Waals surface area contributed by atoms with Crippen LogP contribution in [-0.2, 0) is 9.47 Å². The monoisotopic (exact) mass is 252 g/mol. The number of ether oxygens (including phenoxy) is 2. The lowest BCUT2D eigenvalue weighted by atomic mass is 9.65. The summed E-state index contributed by atoms with van der Waals surface area (Å²) in [5, 5.41) is 0. The molecule has 0 radical (unpaired) electrons. The minimum atomic E-state index is -0.256. The molecule has 3 atom stereocenters. The highest BCUT2D eigenvalue weighted by molar-refractivity contribution is 5.11. The average molecular weight is 252 g/mol. The van der Waals surface area contributed by atoms with Gasteiger partial charge >= 0.3 is 0 Å². The zero-order chi connectivity index (χ0) is 13.2. The normalized spacial score (nSPS) is 44.2. The summed E-state index contributed by atoms with van der Waals surface area (Å²) >= 11 is 0. The molecule has 2 saturated carbocycles. The van der Waals surface area contributed by atoms with Crippen LogP contribution in [0.1, 0.15) is 53.9 Å². The summed E-state index contributed by atoms with van der Waals surface area (Å²) in [6.45, 7) is 13.8. The largest absolute Gasteiger partial charge is 0.347 e. The van der Waals surface area contributed by atoms with Crippen molar-refractivity contribution < 1.29 is 9.47 Å². The standard InChI is InChI=1S/C16H28O2/c1-11-14(2,3)12-7-6-8-16(17-9-10-18-16)13(12)15(11,4)5/h11-13H,6-10H2,1-5H3. The molecule has 3 unspecified atom stereocenters. The van der Waals surface area contributed by atoms with Gasteiger partial charge in [0.25, 0.3) is 0 Å². The summed E-state index contributed by atoms with van der Waals surface area (Å²) in [5.41, 5.74) is 0.704. The van der Waals surface area contributed by atoms with Gasteiger partial charge in [-0.15, -0.1) is 0 Å². The summed E-state index contributed by atoms with van der Waals surface area (Å²) in [5.74, 6) is 1.76. The van der Waals surface area contributed by atoms with E-state index in [1.807, 2.05) is 0 Å². The van der Waals surface area contributed by atoms with Crippen LogP contribution in [0.3, 0.4) is 0 Å². The highest BCUT2D eigenvalue weighted by Gasteiger charge is 2.66. The predicted octanol–water partition coefficient (Wildman–Crippen LogP) is 3.85. The van der Waals surface area contributed by atoms with Gasteiger partial charge < -0.3 is 9.47 Å². The molecule has 0 aromatic heterocycles. The fourth-order valence-corrected chi connectivity index (χ4v) is 5.43. The Morgan fingerprint density at radius 2 is 1.56 bits per heavy atom. The molecule has 0 aromatic carbocycles. The zero-order valence-corrected chi connectivity index (χ0v) is 12.6. The first-order valence-corrected chi connectivity index (χ1v) is 7.60. The molecule has 3 fully saturated rings. The molecule has 0 amide bonds. The van der Waals surface area contributed by atoms with Crippen LogP contribution in [0.25, 0.3) is 0 Å². The highest BCUT2D eigenvalue weighted by Crippen LogP contribution is 2.67. The Bertz CT molecular complexity index is 339. The van der Waals surface area contributed by atoms with Gasteiger partial charge in [-0.25, -0.2) is 0 Å². The Morgan fingerprint density at radius 3 is 2.17 bits per heavy atom. The van der Waals surface area contributed by atoms with Gasteiger partial charge in [0, 0.05) is 12.3 Å². The van der Waals surface area contributed by atoms with E-state index in [9.17, 15) is 0 Å². The third-order valence-corrected chi connectivity index (χ3v) is 6.68. The van der Waals surface area contributed by atoms with Gasteiger partial charge in [0.15, 0.2) is 5.79 Å². The first-order valence-electron chi connectivity index (χ1n) is 7.60. The van der Waals surface area contributed by atoms with Crippen molar-refractivity contribution in [1.29, 1.82) is 0 Å². The van der Waals surface area contributed by atoms with E-state index >= 15 is 0 Å². The van der Waals surface area contributed by atoms with Crippen molar-refractivity contribution in [2.75, 3.05) is 13.2 Å². The van der Waals surface area contributed by atoms with Crippen LogP contribution in [0, 0.1) is 28.6 Å². The van der Waals surface area contributed by atoms with Gasteiger partial charge in [-0.05, 0) is 35.5 Å².